The van der Waals surface area contributed by atoms with E-state index in [1.165, 1.54) is 12.1 Å². The summed E-state index contributed by atoms with van der Waals surface area (Å²) in [7, 11) is 0. The lowest BCUT2D eigenvalue weighted by Gasteiger charge is -2.17. The van der Waals surface area contributed by atoms with Crippen LogP contribution in [-0.4, -0.2) is 0 Å². The lowest BCUT2D eigenvalue weighted by molar-refractivity contribution is 0.566. The van der Waals surface area contributed by atoms with Crippen molar-refractivity contribution in [3.8, 4) is 0 Å². The Morgan fingerprint density at radius 2 is 1.63 bits per heavy atom. The molecule has 0 saturated heterocycles. The first-order valence-electron chi connectivity index (χ1n) is 5.87. The molecule has 2 aromatic carbocycles. The molecule has 0 aliphatic heterocycles. The zero-order valence-corrected chi connectivity index (χ0v) is 11.4. The van der Waals surface area contributed by atoms with E-state index in [1.54, 1.807) is 6.07 Å². The smallest absolute Gasteiger partial charge is 0.131 e. The second kappa shape index (κ2) is 5.27. The van der Waals surface area contributed by atoms with Gasteiger partial charge in [0, 0.05) is 16.7 Å². The summed E-state index contributed by atoms with van der Waals surface area (Å²) in [6.07, 6.45) is 0. The van der Waals surface area contributed by atoms with Crippen LogP contribution in [0.25, 0.3) is 0 Å². The van der Waals surface area contributed by atoms with Gasteiger partial charge in [-0.15, -0.1) is 0 Å². The molecule has 1 unspecified atom stereocenters. The molecule has 0 fully saturated rings. The van der Waals surface area contributed by atoms with Crippen LogP contribution in [0.2, 0.25) is 5.02 Å². The molecule has 1 nitrogen and oxygen atoms in total. The summed E-state index contributed by atoms with van der Waals surface area (Å²) >= 11 is 6.15. The van der Waals surface area contributed by atoms with E-state index in [0.717, 1.165) is 17.2 Å². The highest BCUT2D eigenvalue weighted by Gasteiger charge is 2.17. The van der Waals surface area contributed by atoms with Crippen molar-refractivity contribution >= 4 is 11.6 Å². The van der Waals surface area contributed by atoms with Gasteiger partial charge >= 0.3 is 0 Å². The summed E-state index contributed by atoms with van der Waals surface area (Å²) in [5.41, 5.74) is 8.97. The first kappa shape index (κ1) is 14.0. The van der Waals surface area contributed by atoms with Gasteiger partial charge in [-0.1, -0.05) is 23.7 Å². The van der Waals surface area contributed by atoms with Crippen LogP contribution in [0.1, 0.15) is 28.3 Å². The van der Waals surface area contributed by atoms with Crippen molar-refractivity contribution in [1.29, 1.82) is 0 Å². The first-order valence-corrected chi connectivity index (χ1v) is 6.25. The van der Waals surface area contributed by atoms with Crippen LogP contribution in [0.3, 0.4) is 0 Å². The number of nitrogens with two attached hydrogens (primary N) is 1. The Morgan fingerprint density at radius 1 is 1.00 bits per heavy atom. The van der Waals surface area contributed by atoms with Gasteiger partial charge in [0.05, 0.1) is 6.04 Å². The molecular weight excluding hydrogens is 268 g/mol. The van der Waals surface area contributed by atoms with Crippen molar-refractivity contribution in [3.63, 3.8) is 0 Å². The summed E-state index contributed by atoms with van der Waals surface area (Å²) in [6.45, 7) is 3.87. The van der Waals surface area contributed by atoms with Gasteiger partial charge in [0.15, 0.2) is 0 Å². The van der Waals surface area contributed by atoms with Gasteiger partial charge in [0.1, 0.15) is 11.6 Å². The summed E-state index contributed by atoms with van der Waals surface area (Å²) in [6, 6.07) is 6.28. The Bertz CT molecular complexity index is 626. The van der Waals surface area contributed by atoms with Gasteiger partial charge in [-0.3, -0.25) is 0 Å². The highest BCUT2D eigenvalue weighted by atomic mass is 35.5. The maximum Gasteiger partial charge on any atom is 0.131 e. The summed E-state index contributed by atoms with van der Waals surface area (Å²) < 4.78 is 26.6. The van der Waals surface area contributed by atoms with Crippen molar-refractivity contribution < 1.29 is 8.78 Å². The average Bonchev–Trinajstić information content (AvgIpc) is 2.33. The zero-order valence-electron chi connectivity index (χ0n) is 10.7. The Hall–Kier alpha value is -1.45. The summed E-state index contributed by atoms with van der Waals surface area (Å²) in [4.78, 5) is 0. The van der Waals surface area contributed by atoms with Gasteiger partial charge in [-0.25, -0.2) is 8.78 Å². The van der Waals surface area contributed by atoms with Crippen molar-refractivity contribution in [3.05, 3.63) is 69.2 Å². The second-order valence-electron chi connectivity index (χ2n) is 4.60. The molecule has 0 aromatic heterocycles. The van der Waals surface area contributed by atoms with E-state index in [1.807, 2.05) is 19.9 Å². The third-order valence-corrected chi connectivity index (χ3v) is 3.57. The molecule has 2 N–H and O–H groups in total. The minimum Gasteiger partial charge on any atom is -0.320 e. The molecule has 0 amide bonds. The number of rotatable bonds is 2. The second-order valence-corrected chi connectivity index (χ2v) is 5.01. The Morgan fingerprint density at radius 3 is 2.26 bits per heavy atom. The molecule has 2 aromatic rings. The van der Waals surface area contributed by atoms with Crippen LogP contribution >= 0.6 is 11.6 Å². The van der Waals surface area contributed by atoms with Gasteiger partial charge in [-0.2, -0.15) is 0 Å². The summed E-state index contributed by atoms with van der Waals surface area (Å²) in [5.74, 6) is -1.29. The topological polar surface area (TPSA) is 26.0 Å². The maximum absolute atomic E-state index is 13.7. The SMILES string of the molecule is Cc1cc(Cl)c(C(N)c2ccc(F)cc2F)cc1C. The van der Waals surface area contributed by atoms with E-state index in [2.05, 4.69) is 0 Å². The molecule has 0 saturated carbocycles. The monoisotopic (exact) mass is 281 g/mol. The van der Waals surface area contributed by atoms with Crippen molar-refractivity contribution in [1.82, 2.24) is 0 Å². The molecule has 0 aliphatic carbocycles. The quantitative estimate of drug-likeness (QED) is 0.873. The van der Waals surface area contributed by atoms with Crippen LogP contribution in [0, 0.1) is 25.5 Å². The minimum absolute atomic E-state index is 0.228. The largest absolute Gasteiger partial charge is 0.320 e. The van der Waals surface area contributed by atoms with Gasteiger partial charge in [-0.05, 0) is 42.7 Å². The first-order chi connectivity index (χ1) is 8.90. The lowest BCUT2D eigenvalue weighted by atomic mass is 9.96. The maximum atomic E-state index is 13.7. The summed E-state index contributed by atoms with van der Waals surface area (Å²) in [5, 5.41) is 0.485. The van der Waals surface area contributed by atoms with Gasteiger partial charge in [0.2, 0.25) is 0 Å². The van der Waals surface area contributed by atoms with Crippen LogP contribution in [-0.2, 0) is 0 Å². The Balaban J connectivity index is 2.49. The third-order valence-electron chi connectivity index (χ3n) is 3.25. The van der Waals surface area contributed by atoms with E-state index in [9.17, 15) is 8.78 Å². The number of halogens is 3. The van der Waals surface area contributed by atoms with Crippen LogP contribution < -0.4 is 5.73 Å². The van der Waals surface area contributed by atoms with E-state index >= 15 is 0 Å². The van der Waals surface area contributed by atoms with E-state index in [-0.39, 0.29) is 5.56 Å². The molecular formula is C15H14ClF2N. The normalized spacial score (nSPS) is 12.5. The molecule has 0 spiro atoms. The zero-order chi connectivity index (χ0) is 14.2. The lowest BCUT2D eigenvalue weighted by Crippen LogP contribution is -2.14. The molecule has 0 radical (unpaired) electrons. The van der Waals surface area contributed by atoms with Crippen molar-refractivity contribution in [2.75, 3.05) is 0 Å². The van der Waals surface area contributed by atoms with Gasteiger partial charge in [0.25, 0.3) is 0 Å². The average molecular weight is 282 g/mol. The van der Waals surface area contributed by atoms with Crippen LogP contribution in [0.5, 0.6) is 0 Å². The number of hydrogen-bond donors (Lipinski definition) is 1. The van der Waals surface area contributed by atoms with Crippen molar-refractivity contribution in [2.45, 2.75) is 19.9 Å². The standard InChI is InChI=1S/C15H14ClF2N/c1-8-5-12(13(16)6-9(8)2)15(19)11-4-3-10(17)7-14(11)18/h3-7,15H,19H2,1-2H3. The predicted octanol–water partition coefficient (Wildman–Crippen LogP) is 4.28. The molecule has 0 heterocycles. The molecule has 4 heteroatoms. The predicted molar refractivity (Wildman–Crippen MR) is 73.3 cm³/mol. The number of hydrogen-bond acceptors (Lipinski definition) is 1. The van der Waals surface area contributed by atoms with Crippen molar-refractivity contribution in [2.24, 2.45) is 5.73 Å². The molecule has 19 heavy (non-hydrogen) atoms. The minimum atomic E-state index is -0.715. The van der Waals surface area contributed by atoms with Gasteiger partial charge < -0.3 is 5.73 Å². The fraction of sp³-hybridized carbons (Fsp3) is 0.200. The Kier molecular flexibility index (Phi) is 3.88. The molecule has 0 bridgehead atoms. The Labute approximate surface area is 116 Å². The highest BCUT2D eigenvalue weighted by molar-refractivity contribution is 6.31. The van der Waals surface area contributed by atoms with E-state index < -0.39 is 17.7 Å². The molecule has 1 atom stereocenters. The van der Waals surface area contributed by atoms with E-state index in [4.69, 9.17) is 17.3 Å². The van der Waals surface area contributed by atoms with E-state index in [0.29, 0.717) is 10.6 Å². The fourth-order valence-corrected chi connectivity index (χ4v) is 2.30. The molecule has 0 aliphatic rings. The van der Waals surface area contributed by atoms with Crippen LogP contribution in [0.4, 0.5) is 8.78 Å². The highest BCUT2D eigenvalue weighted by Crippen LogP contribution is 2.30. The fourth-order valence-electron chi connectivity index (χ4n) is 1.96. The number of benzene rings is 2. The molecule has 2 rings (SSSR count). The van der Waals surface area contributed by atoms with Crippen LogP contribution in [0.15, 0.2) is 30.3 Å². The molecule has 100 valence electrons. The third kappa shape index (κ3) is 2.77. The number of aryl methyl sites for hydroxylation is 2.